The van der Waals surface area contributed by atoms with Crippen LogP contribution in [-0.4, -0.2) is 19.6 Å². The van der Waals surface area contributed by atoms with Gasteiger partial charge in [0.25, 0.3) is 0 Å². The number of phenols is 1. The molecule has 2 aromatic heterocycles. The van der Waals surface area contributed by atoms with Crippen molar-refractivity contribution in [3.8, 4) is 67.5 Å². The zero-order valence-corrected chi connectivity index (χ0v) is 30.3. The molecular formula is C49H43N3O. The minimum atomic E-state index is -2.35. The van der Waals surface area contributed by atoms with E-state index in [9.17, 15) is 5.11 Å². The van der Waals surface area contributed by atoms with E-state index >= 15 is 0 Å². The largest absolute Gasteiger partial charge is 0.507 e. The molecule has 4 nitrogen and oxygen atoms in total. The molecular weight excluding hydrogens is 647 g/mol. The van der Waals surface area contributed by atoms with E-state index in [0.717, 1.165) is 38.9 Å². The number of aromatic hydroxyl groups is 1. The lowest BCUT2D eigenvalue weighted by Gasteiger charge is -2.22. The maximum absolute atomic E-state index is 11.7. The second-order valence-electron chi connectivity index (χ2n) is 14.5. The molecule has 8 rings (SSSR count). The molecule has 0 radical (unpaired) electrons. The summed E-state index contributed by atoms with van der Waals surface area (Å²) in [5.74, 6) is 0.567. The molecule has 6 aromatic carbocycles. The van der Waals surface area contributed by atoms with Crippen LogP contribution < -0.4 is 0 Å². The fraction of sp³-hybridized carbons (Fsp3) is 0.143. The van der Waals surface area contributed by atoms with Gasteiger partial charge in [0.15, 0.2) is 0 Å². The Kier molecular flexibility index (Phi) is 6.47. The zero-order valence-electron chi connectivity index (χ0n) is 38.3. The quantitative estimate of drug-likeness (QED) is 0.188. The second kappa shape index (κ2) is 13.4. The van der Waals surface area contributed by atoms with Gasteiger partial charge in [-0.3, -0.25) is 9.55 Å². The van der Waals surface area contributed by atoms with Crippen LogP contribution in [0.15, 0.2) is 146 Å². The van der Waals surface area contributed by atoms with Crippen molar-refractivity contribution in [2.45, 2.75) is 46.9 Å². The summed E-state index contributed by atoms with van der Waals surface area (Å²) < 4.78 is 68.7. The smallest absolute Gasteiger partial charge is 0.149 e. The average Bonchev–Trinajstić information content (AvgIpc) is 3.62. The number of imidazole rings is 1. The zero-order chi connectivity index (χ0) is 43.7. The van der Waals surface area contributed by atoms with E-state index in [1.807, 2.05) is 91.2 Å². The van der Waals surface area contributed by atoms with Crippen LogP contribution >= 0.6 is 0 Å². The molecule has 0 atom stereocenters. The van der Waals surface area contributed by atoms with Crippen LogP contribution in [0.3, 0.4) is 0 Å². The normalized spacial score (nSPS) is 14.1. The van der Waals surface area contributed by atoms with Crippen molar-refractivity contribution in [1.82, 2.24) is 14.5 Å². The Morgan fingerprint density at radius 1 is 0.660 bits per heavy atom. The molecule has 0 aliphatic rings. The summed E-state index contributed by atoms with van der Waals surface area (Å²) in [5.41, 5.74) is 10.1. The maximum atomic E-state index is 11.7. The average molecular weight is 698 g/mol. The summed E-state index contributed by atoms with van der Waals surface area (Å²) in [6.45, 7) is 7.84. The van der Waals surface area contributed by atoms with Gasteiger partial charge in [-0.25, -0.2) is 4.98 Å². The number of hydrogen-bond acceptors (Lipinski definition) is 3. The first-order valence-corrected chi connectivity index (χ1v) is 17.6. The van der Waals surface area contributed by atoms with E-state index in [1.54, 1.807) is 30.5 Å². The third-order valence-electron chi connectivity index (χ3n) is 9.65. The van der Waals surface area contributed by atoms with Gasteiger partial charge in [0.05, 0.1) is 34.8 Å². The topological polar surface area (TPSA) is 50.9 Å². The van der Waals surface area contributed by atoms with Crippen molar-refractivity contribution in [2.24, 2.45) is 0 Å². The highest BCUT2D eigenvalue weighted by Gasteiger charge is 2.24. The van der Waals surface area contributed by atoms with Crippen molar-refractivity contribution in [2.75, 3.05) is 0 Å². The van der Waals surface area contributed by atoms with Crippen molar-refractivity contribution < 1.29 is 16.1 Å². The van der Waals surface area contributed by atoms with Crippen LogP contribution in [0.1, 0.15) is 54.0 Å². The van der Waals surface area contributed by atoms with Crippen LogP contribution in [0.25, 0.3) is 72.7 Å². The molecule has 8 aromatic rings. The lowest BCUT2D eigenvalue weighted by Crippen LogP contribution is -2.11. The molecule has 0 saturated carbocycles. The van der Waals surface area contributed by atoms with E-state index in [1.165, 1.54) is 0 Å². The summed E-state index contributed by atoms with van der Waals surface area (Å²) in [6.07, 6.45) is 1.58. The Labute approximate surface area is 323 Å². The summed E-state index contributed by atoms with van der Waals surface area (Å²) in [6, 6.07) is 32.3. The summed E-state index contributed by atoms with van der Waals surface area (Å²) in [7, 11) is 0. The molecule has 0 aliphatic heterocycles. The van der Waals surface area contributed by atoms with Gasteiger partial charge in [0.2, 0.25) is 0 Å². The van der Waals surface area contributed by atoms with E-state index in [2.05, 4.69) is 32.9 Å². The van der Waals surface area contributed by atoms with Crippen LogP contribution in [0.2, 0.25) is 0 Å². The predicted octanol–water partition coefficient (Wildman–Crippen LogP) is 12.7. The number of para-hydroxylation sites is 1. The number of phenolic OH excluding ortho intramolecular Hbond substituents is 1. The number of hydrogen-bond donors (Lipinski definition) is 1. The third-order valence-corrected chi connectivity index (χ3v) is 9.65. The molecule has 0 bridgehead atoms. The lowest BCUT2D eigenvalue weighted by atomic mass is 9.83. The van der Waals surface area contributed by atoms with E-state index < -0.39 is 25.0 Å². The molecule has 1 N–H and O–H groups in total. The summed E-state index contributed by atoms with van der Waals surface area (Å²) in [5, 5.41) is 11.7. The summed E-state index contributed by atoms with van der Waals surface area (Å²) in [4.78, 5) is 10.1. The van der Waals surface area contributed by atoms with Gasteiger partial charge in [-0.1, -0.05) is 117 Å². The van der Waals surface area contributed by atoms with E-state index in [0.29, 0.717) is 45.0 Å². The first-order valence-electron chi connectivity index (χ1n) is 21.6. The van der Waals surface area contributed by atoms with Crippen LogP contribution in [0.4, 0.5) is 0 Å². The van der Waals surface area contributed by atoms with Gasteiger partial charge in [-0.15, -0.1) is 0 Å². The fourth-order valence-corrected chi connectivity index (χ4v) is 6.97. The molecule has 4 heteroatoms. The molecule has 0 fully saturated rings. The van der Waals surface area contributed by atoms with Crippen molar-refractivity contribution in [3.05, 3.63) is 168 Å². The van der Waals surface area contributed by atoms with Gasteiger partial charge >= 0.3 is 0 Å². The van der Waals surface area contributed by atoms with Gasteiger partial charge in [0, 0.05) is 27.0 Å². The molecule has 260 valence electrons. The lowest BCUT2D eigenvalue weighted by molar-refractivity contribution is 0.472. The Morgan fingerprint density at radius 2 is 1.43 bits per heavy atom. The monoisotopic (exact) mass is 697 g/mol. The number of aryl methyl sites for hydroxylation is 3. The first kappa shape index (κ1) is 25.7. The fourth-order valence-electron chi connectivity index (χ4n) is 6.97. The van der Waals surface area contributed by atoms with E-state index in [4.69, 9.17) is 20.9 Å². The molecule has 53 heavy (non-hydrogen) atoms. The van der Waals surface area contributed by atoms with Crippen molar-refractivity contribution in [3.63, 3.8) is 0 Å². The highest BCUT2D eigenvalue weighted by molar-refractivity contribution is 5.98. The Bertz CT molecular complexity index is 3010. The molecule has 0 aliphatic carbocycles. The maximum Gasteiger partial charge on any atom is 0.149 e. The Morgan fingerprint density at radius 3 is 2.21 bits per heavy atom. The third kappa shape index (κ3) is 6.42. The predicted molar refractivity (Wildman–Crippen MR) is 221 cm³/mol. The second-order valence-corrected chi connectivity index (χ2v) is 14.5. The van der Waals surface area contributed by atoms with Crippen LogP contribution in [0.5, 0.6) is 5.75 Å². The van der Waals surface area contributed by atoms with Crippen LogP contribution in [0, 0.1) is 20.7 Å². The minimum Gasteiger partial charge on any atom is -0.507 e. The number of pyridine rings is 1. The molecule has 0 saturated heterocycles. The van der Waals surface area contributed by atoms with Gasteiger partial charge in [-0.2, -0.15) is 0 Å². The van der Waals surface area contributed by atoms with Crippen molar-refractivity contribution in [1.29, 1.82) is 0 Å². The highest BCUT2D eigenvalue weighted by Crippen LogP contribution is 2.42. The number of nitrogens with zero attached hydrogens (tertiary/aromatic N) is 3. The SMILES string of the molecule is [2H]c1c([2H])c([2H])c(-c2ccnc(-c3cc(-c4cccc5c4nc(-c4cc(C)cc(C)c4O)n5-c4ccc(C([2H])([2H])[2H])cc4-c4ccccc4)cc(C(C)(C)C)c3)c2)c([2H])c1[2H]. The van der Waals surface area contributed by atoms with Gasteiger partial charge < -0.3 is 5.11 Å². The van der Waals surface area contributed by atoms with Gasteiger partial charge in [0.1, 0.15) is 11.6 Å². The number of rotatable bonds is 6. The minimum absolute atomic E-state index is 0.0890. The summed E-state index contributed by atoms with van der Waals surface area (Å²) >= 11 is 0. The molecule has 0 spiro atoms. The molecule has 0 unspecified atom stereocenters. The van der Waals surface area contributed by atoms with Gasteiger partial charge in [-0.05, 0) is 114 Å². The Hall–Kier alpha value is -6.26. The van der Waals surface area contributed by atoms with Crippen LogP contribution in [-0.2, 0) is 5.41 Å². The molecule has 0 amide bonds. The van der Waals surface area contributed by atoms with E-state index in [-0.39, 0.29) is 34.4 Å². The Balaban J connectivity index is 1.41. The highest BCUT2D eigenvalue weighted by atomic mass is 16.3. The number of fused-ring (bicyclic) bond motifs is 1. The number of aromatic nitrogens is 3. The molecule has 2 heterocycles. The standard InChI is InChI=1S/C49H43N3O/c1-31-20-21-44(41(25-31)35-16-11-8-12-17-35)52-45-19-13-18-40(46(45)51-48(52)42-26-32(2)24-33(3)47(42)53)37-27-38(29-39(28-37)49(4,5)6)43-30-36(22-23-50-43)34-14-9-7-10-15-34/h7-30,53H,1-6H3/i1D3,7D,9D,10D,14D,15D. The van der Waals surface area contributed by atoms with Crippen molar-refractivity contribution >= 4 is 11.0 Å². The first-order chi connectivity index (χ1) is 28.8. The number of benzene rings is 6.